The van der Waals surface area contributed by atoms with E-state index >= 15 is 0 Å². The molecule has 0 bridgehead atoms. The summed E-state index contributed by atoms with van der Waals surface area (Å²) >= 11 is 8.44. The Morgan fingerprint density at radius 2 is 1.81 bits per heavy atom. The first-order valence-electron chi connectivity index (χ1n) is 9.50. The van der Waals surface area contributed by atoms with Crippen LogP contribution in [0.15, 0.2) is 60.7 Å². The molecule has 3 aromatic rings. The molecule has 0 amide bonds. The number of hydrogen-bond donors (Lipinski definition) is 0. The lowest BCUT2D eigenvalue weighted by Gasteiger charge is -2.15. The van der Waals surface area contributed by atoms with Gasteiger partial charge < -0.3 is 9.47 Å². The Morgan fingerprint density at radius 1 is 1.06 bits per heavy atom. The van der Waals surface area contributed by atoms with Gasteiger partial charge in [0.2, 0.25) is 0 Å². The molecule has 0 heterocycles. The molecule has 0 saturated heterocycles. The Morgan fingerprint density at radius 3 is 2.45 bits per heavy atom. The SMILES string of the molecule is CCOc1cc(/C=C(/C#N)c2ccc(C#N)cc2)cc(I)c1OCc1ccccc1Cl. The number of rotatable bonds is 7. The van der Waals surface area contributed by atoms with Gasteiger partial charge in [-0.15, -0.1) is 0 Å². The number of ether oxygens (including phenoxy) is 2. The van der Waals surface area contributed by atoms with Gasteiger partial charge in [-0.3, -0.25) is 0 Å². The molecule has 3 rings (SSSR count). The van der Waals surface area contributed by atoms with Crippen LogP contribution in [0, 0.1) is 26.2 Å². The lowest BCUT2D eigenvalue weighted by molar-refractivity contribution is 0.267. The van der Waals surface area contributed by atoms with Crippen LogP contribution in [-0.2, 0) is 6.61 Å². The van der Waals surface area contributed by atoms with Crippen LogP contribution in [0.25, 0.3) is 11.6 Å². The zero-order valence-electron chi connectivity index (χ0n) is 16.7. The maximum Gasteiger partial charge on any atom is 0.175 e. The van der Waals surface area contributed by atoms with Gasteiger partial charge in [-0.25, -0.2) is 0 Å². The topological polar surface area (TPSA) is 66.0 Å². The summed E-state index contributed by atoms with van der Waals surface area (Å²) in [5.41, 5.74) is 3.49. The van der Waals surface area contributed by atoms with Crippen molar-refractivity contribution in [2.45, 2.75) is 13.5 Å². The van der Waals surface area contributed by atoms with Crippen LogP contribution >= 0.6 is 34.2 Å². The molecule has 0 fully saturated rings. The zero-order chi connectivity index (χ0) is 22.2. The van der Waals surface area contributed by atoms with Crippen molar-refractivity contribution in [3.8, 4) is 23.6 Å². The lowest BCUT2D eigenvalue weighted by Crippen LogP contribution is -2.02. The Hall–Kier alpha value is -3.00. The molecule has 0 aliphatic heterocycles. The second-order valence-corrected chi connectivity index (χ2v) is 8.07. The summed E-state index contributed by atoms with van der Waals surface area (Å²) in [6, 6.07) is 22.6. The monoisotopic (exact) mass is 540 g/mol. The summed E-state index contributed by atoms with van der Waals surface area (Å²) in [6.45, 7) is 2.71. The summed E-state index contributed by atoms with van der Waals surface area (Å²) in [4.78, 5) is 0. The summed E-state index contributed by atoms with van der Waals surface area (Å²) in [5.74, 6) is 1.24. The average molecular weight is 541 g/mol. The minimum atomic E-state index is 0.319. The van der Waals surface area contributed by atoms with E-state index in [0.717, 1.165) is 20.3 Å². The van der Waals surface area contributed by atoms with E-state index < -0.39 is 0 Å². The van der Waals surface area contributed by atoms with Crippen LogP contribution in [0.3, 0.4) is 0 Å². The molecule has 0 atom stereocenters. The first kappa shape index (κ1) is 22.7. The standard InChI is InChI=1S/C25H18ClIN2O2/c1-2-30-24-13-18(11-21(15-29)19-9-7-17(14-28)8-10-19)12-23(27)25(24)31-16-20-5-3-4-6-22(20)26/h3-13H,2,16H2,1H3/b21-11-. The van der Waals surface area contributed by atoms with Crippen molar-refractivity contribution in [1.29, 1.82) is 10.5 Å². The van der Waals surface area contributed by atoms with Gasteiger partial charge in [0.1, 0.15) is 6.61 Å². The van der Waals surface area contributed by atoms with Crippen molar-refractivity contribution in [2.24, 2.45) is 0 Å². The first-order valence-corrected chi connectivity index (χ1v) is 11.0. The highest BCUT2D eigenvalue weighted by molar-refractivity contribution is 14.1. The van der Waals surface area contributed by atoms with Crippen molar-refractivity contribution in [1.82, 2.24) is 0 Å². The van der Waals surface area contributed by atoms with E-state index in [2.05, 4.69) is 34.7 Å². The fraction of sp³-hybridized carbons (Fsp3) is 0.120. The molecule has 31 heavy (non-hydrogen) atoms. The highest BCUT2D eigenvalue weighted by atomic mass is 127. The molecule has 0 aliphatic carbocycles. The molecule has 0 saturated carbocycles. The quantitative estimate of drug-likeness (QED) is 0.187. The molecule has 154 valence electrons. The molecule has 0 aromatic heterocycles. The van der Waals surface area contributed by atoms with Crippen molar-refractivity contribution in [3.63, 3.8) is 0 Å². The molecular formula is C25H18ClIN2O2. The Bertz CT molecular complexity index is 1190. The Kier molecular flexibility index (Phi) is 7.94. The van der Waals surface area contributed by atoms with E-state index in [1.165, 1.54) is 0 Å². The van der Waals surface area contributed by atoms with E-state index in [1.54, 1.807) is 30.3 Å². The third-order valence-corrected chi connectivity index (χ3v) is 5.59. The third-order valence-electron chi connectivity index (χ3n) is 4.42. The predicted octanol–water partition coefficient (Wildman–Crippen LogP) is 6.86. The van der Waals surface area contributed by atoms with E-state index in [-0.39, 0.29) is 0 Å². The van der Waals surface area contributed by atoms with Gasteiger partial charge in [-0.05, 0) is 77.0 Å². The smallest absolute Gasteiger partial charge is 0.175 e. The summed E-state index contributed by atoms with van der Waals surface area (Å²) in [7, 11) is 0. The molecule has 4 nitrogen and oxygen atoms in total. The number of hydrogen-bond acceptors (Lipinski definition) is 4. The molecule has 0 aliphatic rings. The predicted molar refractivity (Wildman–Crippen MR) is 131 cm³/mol. The van der Waals surface area contributed by atoms with Crippen molar-refractivity contribution in [3.05, 3.63) is 91.5 Å². The lowest BCUT2D eigenvalue weighted by atomic mass is 10.0. The third kappa shape index (κ3) is 5.79. The number of allylic oxidation sites excluding steroid dienone is 1. The second-order valence-electron chi connectivity index (χ2n) is 6.50. The van der Waals surface area contributed by atoms with E-state index in [9.17, 15) is 5.26 Å². The van der Waals surface area contributed by atoms with Crippen LogP contribution in [0.5, 0.6) is 11.5 Å². The summed E-state index contributed by atoms with van der Waals surface area (Å²) in [5, 5.41) is 19.3. The Labute approximate surface area is 200 Å². The van der Waals surface area contributed by atoms with Crippen LogP contribution in [0.2, 0.25) is 5.02 Å². The molecule has 0 radical (unpaired) electrons. The van der Waals surface area contributed by atoms with Crippen molar-refractivity contribution >= 4 is 45.8 Å². The van der Waals surface area contributed by atoms with Gasteiger partial charge in [0.15, 0.2) is 11.5 Å². The van der Waals surface area contributed by atoms with Gasteiger partial charge in [-0.2, -0.15) is 10.5 Å². The maximum absolute atomic E-state index is 9.65. The van der Waals surface area contributed by atoms with Gasteiger partial charge in [0.05, 0.1) is 33.5 Å². The molecule has 0 N–H and O–H groups in total. The number of benzene rings is 3. The zero-order valence-corrected chi connectivity index (χ0v) is 19.6. The Balaban J connectivity index is 1.93. The minimum absolute atomic E-state index is 0.319. The minimum Gasteiger partial charge on any atom is -0.490 e. The van der Waals surface area contributed by atoms with Crippen LogP contribution in [0.4, 0.5) is 0 Å². The molecule has 3 aromatic carbocycles. The van der Waals surface area contributed by atoms with E-state index in [1.807, 2.05) is 43.3 Å². The first-order chi connectivity index (χ1) is 15.0. The summed E-state index contributed by atoms with van der Waals surface area (Å²) in [6.07, 6.45) is 1.80. The van der Waals surface area contributed by atoms with Crippen LogP contribution < -0.4 is 9.47 Å². The average Bonchev–Trinajstić information content (AvgIpc) is 2.78. The second kappa shape index (κ2) is 10.9. The van der Waals surface area contributed by atoms with Gasteiger partial charge in [0, 0.05) is 10.6 Å². The van der Waals surface area contributed by atoms with E-state index in [4.69, 9.17) is 26.3 Å². The fourth-order valence-corrected chi connectivity index (χ4v) is 3.88. The van der Waals surface area contributed by atoms with Gasteiger partial charge in [0.25, 0.3) is 0 Å². The van der Waals surface area contributed by atoms with Gasteiger partial charge in [-0.1, -0.05) is 41.9 Å². The maximum atomic E-state index is 9.65. The van der Waals surface area contributed by atoms with E-state index in [0.29, 0.717) is 40.9 Å². The molecule has 0 spiro atoms. The largest absolute Gasteiger partial charge is 0.490 e. The molecular weight excluding hydrogens is 523 g/mol. The number of nitriles is 2. The normalized spacial score (nSPS) is 10.8. The fourth-order valence-electron chi connectivity index (χ4n) is 2.91. The highest BCUT2D eigenvalue weighted by Crippen LogP contribution is 2.36. The van der Waals surface area contributed by atoms with Crippen LogP contribution in [0.1, 0.15) is 29.2 Å². The highest BCUT2D eigenvalue weighted by Gasteiger charge is 2.13. The van der Waals surface area contributed by atoms with Crippen molar-refractivity contribution in [2.75, 3.05) is 6.61 Å². The molecule has 6 heteroatoms. The number of halogens is 2. The van der Waals surface area contributed by atoms with Crippen LogP contribution in [-0.4, -0.2) is 6.61 Å². The van der Waals surface area contributed by atoms with Crippen molar-refractivity contribution < 1.29 is 9.47 Å². The number of nitrogens with zero attached hydrogens (tertiary/aromatic N) is 2. The molecule has 0 unspecified atom stereocenters. The summed E-state index contributed by atoms with van der Waals surface area (Å²) < 4.78 is 12.7. The van der Waals surface area contributed by atoms with Gasteiger partial charge >= 0.3 is 0 Å².